The SMILES string of the molecule is C=C(C)[C@@H](O)CC[C@]1(C)/C=C\C[C@]2(C)O[C@H]2CC/C(CO)=C\C1. The lowest BCUT2D eigenvalue weighted by Crippen LogP contribution is -2.18. The van der Waals surface area contributed by atoms with Crippen LogP contribution < -0.4 is 0 Å². The van der Waals surface area contributed by atoms with Crippen LogP contribution in [0.15, 0.2) is 36.0 Å². The molecule has 0 unspecified atom stereocenters. The average molecular weight is 320 g/mol. The smallest absolute Gasteiger partial charge is 0.0954 e. The third kappa shape index (κ3) is 5.03. The van der Waals surface area contributed by atoms with E-state index in [0.717, 1.165) is 49.7 Å². The second kappa shape index (κ2) is 7.33. The van der Waals surface area contributed by atoms with E-state index in [1.807, 2.05) is 6.92 Å². The van der Waals surface area contributed by atoms with Gasteiger partial charge in [-0.15, -0.1) is 0 Å². The first kappa shape index (κ1) is 18.4. The number of hydrogen-bond acceptors (Lipinski definition) is 3. The molecule has 0 aromatic rings. The summed E-state index contributed by atoms with van der Waals surface area (Å²) in [6.07, 6.45) is 11.9. The van der Waals surface area contributed by atoms with Gasteiger partial charge in [0.05, 0.1) is 24.4 Å². The zero-order valence-corrected chi connectivity index (χ0v) is 14.8. The second-order valence-corrected chi connectivity index (χ2v) is 7.84. The predicted octanol–water partition coefficient (Wildman–Crippen LogP) is 3.92. The molecule has 1 aliphatic carbocycles. The fraction of sp³-hybridized carbons (Fsp3) is 0.700. The Labute approximate surface area is 140 Å². The molecular weight excluding hydrogens is 288 g/mol. The third-order valence-corrected chi connectivity index (χ3v) is 5.42. The van der Waals surface area contributed by atoms with Gasteiger partial charge in [0.1, 0.15) is 0 Å². The zero-order chi connectivity index (χ0) is 17.1. The molecule has 2 rings (SSSR count). The number of allylic oxidation sites excluding steroid dienone is 2. The molecule has 0 radical (unpaired) electrons. The number of aliphatic hydroxyl groups is 2. The van der Waals surface area contributed by atoms with E-state index in [9.17, 15) is 10.2 Å². The van der Waals surface area contributed by atoms with Gasteiger partial charge in [-0.2, -0.15) is 0 Å². The van der Waals surface area contributed by atoms with Crippen LogP contribution in [-0.2, 0) is 4.74 Å². The Morgan fingerprint density at radius 2 is 2.17 bits per heavy atom. The summed E-state index contributed by atoms with van der Waals surface area (Å²) in [4.78, 5) is 0. The first-order chi connectivity index (χ1) is 10.8. The summed E-state index contributed by atoms with van der Waals surface area (Å²) >= 11 is 0. The molecule has 1 heterocycles. The van der Waals surface area contributed by atoms with E-state index in [1.54, 1.807) is 0 Å². The van der Waals surface area contributed by atoms with Crippen LogP contribution in [0.1, 0.15) is 59.3 Å². The summed E-state index contributed by atoms with van der Waals surface area (Å²) in [7, 11) is 0. The van der Waals surface area contributed by atoms with Crippen molar-refractivity contribution in [2.45, 2.75) is 77.1 Å². The van der Waals surface area contributed by atoms with Gasteiger partial charge in [0.25, 0.3) is 0 Å². The van der Waals surface area contributed by atoms with Crippen LogP contribution in [0.25, 0.3) is 0 Å². The highest BCUT2D eigenvalue weighted by Gasteiger charge is 2.50. The van der Waals surface area contributed by atoms with Crippen LogP contribution in [0.5, 0.6) is 0 Å². The highest BCUT2D eigenvalue weighted by molar-refractivity contribution is 5.14. The maximum atomic E-state index is 10.0. The van der Waals surface area contributed by atoms with Crippen molar-refractivity contribution in [3.63, 3.8) is 0 Å². The Morgan fingerprint density at radius 3 is 2.83 bits per heavy atom. The molecule has 1 saturated heterocycles. The van der Waals surface area contributed by atoms with Gasteiger partial charge in [0.2, 0.25) is 0 Å². The Morgan fingerprint density at radius 1 is 1.43 bits per heavy atom. The van der Waals surface area contributed by atoms with Crippen molar-refractivity contribution in [3.05, 3.63) is 36.0 Å². The standard InChI is InChI=1S/C20H32O3/c1-15(2)17(22)9-13-19(3)10-5-11-20(4)18(23-20)7-6-16(14-21)8-12-19/h5,8,10,17-18,21-22H,1,6-7,9,11-14H2,2-4H3/b10-5-,16-8+/t17-,18-,19+,20-/m0/s1. The lowest BCUT2D eigenvalue weighted by atomic mass is 9.79. The van der Waals surface area contributed by atoms with E-state index in [-0.39, 0.29) is 17.6 Å². The highest BCUT2D eigenvalue weighted by atomic mass is 16.6. The average Bonchev–Trinajstić information content (AvgIpc) is 3.14. The van der Waals surface area contributed by atoms with Gasteiger partial charge in [-0.05, 0) is 63.4 Å². The predicted molar refractivity (Wildman–Crippen MR) is 94.2 cm³/mol. The molecule has 3 nitrogen and oxygen atoms in total. The fourth-order valence-corrected chi connectivity index (χ4v) is 3.32. The molecule has 2 aliphatic rings. The zero-order valence-electron chi connectivity index (χ0n) is 14.8. The molecule has 0 amide bonds. The van der Waals surface area contributed by atoms with E-state index in [0.29, 0.717) is 6.10 Å². The van der Waals surface area contributed by atoms with Gasteiger partial charge in [0, 0.05) is 0 Å². The summed E-state index contributed by atoms with van der Waals surface area (Å²) in [5, 5.41) is 19.6. The van der Waals surface area contributed by atoms with Crippen molar-refractivity contribution in [1.82, 2.24) is 0 Å². The van der Waals surface area contributed by atoms with Crippen LogP contribution >= 0.6 is 0 Å². The van der Waals surface area contributed by atoms with E-state index in [1.165, 1.54) is 0 Å². The van der Waals surface area contributed by atoms with E-state index in [4.69, 9.17) is 4.74 Å². The molecule has 3 heteroatoms. The Kier molecular flexibility index (Phi) is 5.88. The molecule has 0 bridgehead atoms. The van der Waals surface area contributed by atoms with E-state index >= 15 is 0 Å². The second-order valence-electron chi connectivity index (χ2n) is 7.84. The van der Waals surface area contributed by atoms with Crippen LogP contribution in [0.3, 0.4) is 0 Å². The quantitative estimate of drug-likeness (QED) is 0.596. The molecule has 130 valence electrons. The minimum atomic E-state index is -0.437. The molecular formula is C20H32O3. The summed E-state index contributed by atoms with van der Waals surface area (Å²) < 4.78 is 5.86. The normalized spacial score (nSPS) is 39.3. The first-order valence-corrected chi connectivity index (χ1v) is 8.76. The molecule has 23 heavy (non-hydrogen) atoms. The van der Waals surface area contributed by atoms with Crippen LogP contribution in [0, 0.1) is 5.41 Å². The minimum absolute atomic E-state index is 0.0120. The topological polar surface area (TPSA) is 53.0 Å². The van der Waals surface area contributed by atoms with Crippen molar-refractivity contribution < 1.29 is 14.9 Å². The van der Waals surface area contributed by atoms with Crippen molar-refractivity contribution in [1.29, 1.82) is 0 Å². The van der Waals surface area contributed by atoms with Crippen LogP contribution in [0.4, 0.5) is 0 Å². The minimum Gasteiger partial charge on any atom is -0.392 e. The largest absolute Gasteiger partial charge is 0.392 e. The lowest BCUT2D eigenvalue weighted by Gasteiger charge is -2.27. The Bertz CT molecular complexity index is 493. The Hall–Kier alpha value is -0.900. The fourth-order valence-electron chi connectivity index (χ4n) is 3.32. The molecule has 4 atom stereocenters. The third-order valence-electron chi connectivity index (χ3n) is 5.42. The summed E-state index contributed by atoms with van der Waals surface area (Å²) in [6, 6.07) is 0. The number of epoxide rings is 1. The van der Waals surface area contributed by atoms with Gasteiger partial charge in [0.15, 0.2) is 0 Å². The number of rotatable bonds is 5. The van der Waals surface area contributed by atoms with Crippen molar-refractivity contribution in [2.75, 3.05) is 6.61 Å². The van der Waals surface area contributed by atoms with Crippen molar-refractivity contribution in [2.24, 2.45) is 5.41 Å². The molecule has 1 fully saturated rings. The summed E-state index contributed by atoms with van der Waals surface area (Å²) in [6.45, 7) is 10.2. The van der Waals surface area contributed by atoms with Crippen molar-refractivity contribution >= 4 is 0 Å². The number of aliphatic hydroxyl groups excluding tert-OH is 2. The Balaban J connectivity index is 2.10. The van der Waals surface area contributed by atoms with E-state index in [2.05, 4.69) is 38.7 Å². The van der Waals surface area contributed by atoms with Crippen molar-refractivity contribution in [3.8, 4) is 0 Å². The summed E-state index contributed by atoms with van der Waals surface area (Å²) in [5.74, 6) is 0. The molecule has 2 N–H and O–H groups in total. The molecule has 0 aromatic heterocycles. The van der Waals surface area contributed by atoms with E-state index < -0.39 is 6.10 Å². The molecule has 0 spiro atoms. The first-order valence-electron chi connectivity index (χ1n) is 8.76. The maximum absolute atomic E-state index is 10.0. The highest BCUT2D eigenvalue weighted by Crippen LogP contribution is 2.44. The van der Waals surface area contributed by atoms with Gasteiger partial charge < -0.3 is 14.9 Å². The van der Waals surface area contributed by atoms with Gasteiger partial charge in [-0.1, -0.05) is 37.3 Å². The van der Waals surface area contributed by atoms with Crippen LogP contribution in [-0.4, -0.2) is 34.6 Å². The molecule has 0 saturated carbocycles. The summed E-state index contributed by atoms with van der Waals surface area (Å²) in [5.41, 5.74) is 1.88. The van der Waals surface area contributed by atoms with Gasteiger partial charge in [-0.3, -0.25) is 0 Å². The molecule has 1 aliphatic heterocycles. The monoisotopic (exact) mass is 320 g/mol. The van der Waals surface area contributed by atoms with Crippen LogP contribution in [0.2, 0.25) is 0 Å². The number of fused-ring (bicyclic) bond motifs is 1. The van der Waals surface area contributed by atoms with Gasteiger partial charge >= 0.3 is 0 Å². The van der Waals surface area contributed by atoms with Gasteiger partial charge in [-0.25, -0.2) is 0 Å². The lowest BCUT2D eigenvalue weighted by molar-refractivity contribution is 0.180. The molecule has 0 aromatic carbocycles. The number of ether oxygens (including phenoxy) is 1. The number of hydrogen-bond donors (Lipinski definition) is 2. The maximum Gasteiger partial charge on any atom is 0.0954 e.